The summed E-state index contributed by atoms with van der Waals surface area (Å²) < 4.78 is 23.8. The summed E-state index contributed by atoms with van der Waals surface area (Å²) in [5.74, 6) is -0.0379. The van der Waals surface area contributed by atoms with Gasteiger partial charge < -0.3 is 9.47 Å². The van der Waals surface area contributed by atoms with Crippen LogP contribution in [0.25, 0.3) is 10.6 Å². The van der Waals surface area contributed by atoms with Crippen molar-refractivity contribution in [1.82, 2.24) is 4.98 Å². The van der Waals surface area contributed by atoms with Crippen molar-refractivity contribution in [2.45, 2.75) is 20.5 Å². The normalized spacial score (nSPS) is 10.6. The van der Waals surface area contributed by atoms with Crippen LogP contribution in [-0.2, 0) is 16.1 Å². The summed E-state index contributed by atoms with van der Waals surface area (Å²) in [5, 5.41) is 2.57. The third-order valence-corrected chi connectivity index (χ3v) is 4.71. The van der Waals surface area contributed by atoms with Gasteiger partial charge in [-0.05, 0) is 49.2 Å². The zero-order chi connectivity index (χ0) is 18.5. The average Bonchev–Trinajstić information content (AvgIpc) is 3.09. The van der Waals surface area contributed by atoms with Crippen molar-refractivity contribution in [2.24, 2.45) is 0 Å². The first-order valence-corrected chi connectivity index (χ1v) is 8.96. The molecule has 6 heteroatoms. The molecule has 0 aliphatic heterocycles. The first kappa shape index (κ1) is 18.1. The molecule has 0 aliphatic rings. The Labute approximate surface area is 155 Å². The first-order chi connectivity index (χ1) is 12.5. The molecule has 0 saturated heterocycles. The summed E-state index contributed by atoms with van der Waals surface area (Å²) in [5.41, 5.74) is 3.42. The Morgan fingerprint density at radius 2 is 1.81 bits per heavy atom. The van der Waals surface area contributed by atoms with Gasteiger partial charge in [0, 0.05) is 10.9 Å². The highest BCUT2D eigenvalue weighted by Gasteiger charge is 2.10. The van der Waals surface area contributed by atoms with Crippen molar-refractivity contribution in [1.29, 1.82) is 0 Å². The molecule has 0 radical (unpaired) electrons. The van der Waals surface area contributed by atoms with Crippen LogP contribution in [0.15, 0.2) is 47.8 Å². The summed E-state index contributed by atoms with van der Waals surface area (Å²) >= 11 is 1.42. The minimum absolute atomic E-state index is 0.0760. The predicted molar refractivity (Wildman–Crippen MR) is 98.7 cm³/mol. The minimum atomic E-state index is -0.455. The molecular weight excluding hydrogens is 353 g/mol. The van der Waals surface area contributed by atoms with Crippen LogP contribution >= 0.6 is 11.3 Å². The summed E-state index contributed by atoms with van der Waals surface area (Å²) in [6, 6.07) is 11.9. The second-order valence-corrected chi connectivity index (χ2v) is 6.68. The molecule has 0 unspecified atom stereocenters. The highest BCUT2D eigenvalue weighted by Crippen LogP contribution is 2.24. The molecule has 2 aromatic carbocycles. The van der Waals surface area contributed by atoms with Crippen LogP contribution in [0, 0.1) is 19.7 Å². The number of halogens is 1. The van der Waals surface area contributed by atoms with Crippen molar-refractivity contribution in [3.63, 3.8) is 0 Å². The molecule has 1 heterocycles. The SMILES string of the molecule is Cc1cccc(C)c1OCC(=O)OCc1csc(-c2ccc(F)cc2)n1. The fourth-order valence-corrected chi connectivity index (χ4v) is 3.26. The molecule has 0 N–H and O–H groups in total. The van der Waals surface area contributed by atoms with E-state index in [-0.39, 0.29) is 19.0 Å². The van der Waals surface area contributed by atoms with Gasteiger partial charge in [0.25, 0.3) is 0 Å². The van der Waals surface area contributed by atoms with Gasteiger partial charge in [0.2, 0.25) is 0 Å². The number of ether oxygens (including phenoxy) is 2. The Balaban J connectivity index is 1.53. The van der Waals surface area contributed by atoms with Crippen LogP contribution in [0.4, 0.5) is 4.39 Å². The third kappa shape index (κ3) is 4.46. The second kappa shape index (κ2) is 8.10. The van der Waals surface area contributed by atoms with Gasteiger partial charge in [-0.1, -0.05) is 18.2 Å². The molecule has 0 amide bonds. The smallest absolute Gasteiger partial charge is 0.344 e. The summed E-state index contributed by atoms with van der Waals surface area (Å²) in [6.45, 7) is 3.78. The topological polar surface area (TPSA) is 48.4 Å². The van der Waals surface area contributed by atoms with E-state index in [0.717, 1.165) is 21.7 Å². The number of carbonyl (C=O) groups is 1. The number of rotatable bonds is 6. The zero-order valence-electron chi connectivity index (χ0n) is 14.5. The van der Waals surface area contributed by atoms with E-state index >= 15 is 0 Å². The van der Waals surface area contributed by atoms with E-state index in [9.17, 15) is 9.18 Å². The molecule has 26 heavy (non-hydrogen) atoms. The molecule has 134 valence electrons. The van der Waals surface area contributed by atoms with Crippen molar-refractivity contribution in [3.05, 3.63) is 70.5 Å². The van der Waals surface area contributed by atoms with Crippen LogP contribution in [0.2, 0.25) is 0 Å². The fraction of sp³-hybridized carbons (Fsp3) is 0.200. The molecule has 3 aromatic rings. The molecule has 0 fully saturated rings. The zero-order valence-corrected chi connectivity index (χ0v) is 15.3. The molecule has 1 aromatic heterocycles. The molecule has 0 spiro atoms. The Bertz CT molecular complexity index is 885. The van der Waals surface area contributed by atoms with E-state index in [4.69, 9.17) is 9.47 Å². The summed E-state index contributed by atoms with van der Waals surface area (Å²) in [6.07, 6.45) is 0. The molecule has 0 atom stereocenters. The Kier molecular flexibility index (Phi) is 5.63. The maximum Gasteiger partial charge on any atom is 0.344 e. The molecule has 4 nitrogen and oxygen atoms in total. The van der Waals surface area contributed by atoms with Crippen LogP contribution in [0.3, 0.4) is 0 Å². The Hall–Kier alpha value is -2.73. The summed E-state index contributed by atoms with van der Waals surface area (Å²) in [4.78, 5) is 16.3. The standard InChI is InChI=1S/C20H18FNO3S/c1-13-4-3-5-14(2)19(13)25-11-18(23)24-10-17-12-26-20(22-17)15-6-8-16(21)9-7-15/h3-9,12H,10-11H2,1-2H3. The van der Waals surface area contributed by atoms with E-state index in [1.54, 1.807) is 12.1 Å². The van der Waals surface area contributed by atoms with Gasteiger partial charge in [0.15, 0.2) is 6.61 Å². The average molecular weight is 371 g/mol. The second-order valence-electron chi connectivity index (χ2n) is 5.82. The van der Waals surface area contributed by atoms with Gasteiger partial charge in [-0.2, -0.15) is 0 Å². The third-order valence-electron chi connectivity index (χ3n) is 3.77. The lowest BCUT2D eigenvalue weighted by molar-refractivity contribution is -0.147. The number of aryl methyl sites for hydroxylation is 2. The highest BCUT2D eigenvalue weighted by molar-refractivity contribution is 7.13. The van der Waals surface area contributed by atoms with Gasteiger partial charge in [0.1, 0.15) is 23.2 Å². The van der Waals surface area contributed by atoms with Gasteiger partial charge in [0.05, 0.1) is 5.69 Å². The number of nitrogens with zero attached hydrogens (tertiary/aromatic N) is 1. The largest absolute Gasteiger partial charge is 0.481 e. The van der Waals surface area contributed by atoms with Crippen molar-refractivity contribution in [2.75, 3.05) is 6.61 Å². The lowest BCUT2D eigenvalue weighted by Gasteiger charge is -2.11. The molecule has 0 aliphatic carbocycles. The maximum absolute atomic E-state index is 13.0. The van der Waals surface area contributed by atoms with Crippen molar-refractivity contribution in [3.8, 4) is 16.3 Å². The van der Waals surface area contributed by atoms with Crippen LogP contribution in [0.5, 0.6) is 5.75 Å². The Morgan fingerprint density at radius 3 is 2.50 bits per heavy atom. The quantitative estimate of drug-likeness (QED) is 0.590. The molecule has 0 bridgehead atoms. The van der Waals surface area contributed by atoms with Crippen molar-refractivity contribution < 1.29 is 18.7 Å². The molecular formula is C20H18FNO3S. The number of hydrogen-bond acceptors (Lipinski definition) is 5. The minimum Gasteiger partial charge on any atom is -0.481 e. The lowest BCUT2D eigenvalue weighted by Crippen LogP contribution is -2.15. The first-order valence-electron chi connectivity index (χ1n) is 8.08. The fourth-order valence-electron chi connectivity index (χ4n) is 2.45. The summed E-state index contributed by atoms with van der Waals surface area (Å²) in [7, 11) is 0. The van der Waals surface area contributed by atoms with Gasteiger partial charge in [-0.25, -0.2) is 14.2 Å². The lowest BCUT2D eigenvalue weighted by atomic mass is 10.1. The number of hydrogen-bond donors (Lipinski definition) is 0. The van der Waals surface area contributed by atoms with Crippen LogP contribution in [-0.4, -0.2) is 17.6 Å². The number of aromatic nitrogens is 1. The highest BCUT2D eigenvalue weighted by atomic mass is 32.1. The Morgan fingerprint density at radius 1 is 1.12 bits per heavy atom. The number of esters is 1. The molecule has 0 saturated carbocycles. The van der Waals surface area contributed by atoms with E-state index in [1.807, 2.05) is 37.4 Å². The van der Waals surface area contributed by atoms with Gasteiger partial charge in [-0.3, -0.25) is 0 Å². The monoisotopic (exact) mass is 371 g/mol. The number of carbonyl (C=O) groups excluding carboxylic acids is 1. The van der Waals surface area contributed by atoms with Gasteiger partial charge >= 0.3 is 5.97 Å². The molecule has 3 rings (SSSR count). The number of para-hydroxylation sites is 1. The van der Waals surface area contributed by atoms with Crippen LogP contribution < -0.4 is 4.74 Å². The number of benzene rings is 2. The predicted octanol–water partition coefficient (Wildman–Crippen LogP) is 4.69. The van der Waals surface area contributed by atoms with E-state index in [2.05, 4.69) is 4.98 Å². The number of thiazole rings is 1. The van der Waals surface area contributed by atoms with E-state index in [0.29, 0.717) is 11.4 Å². The maximum atomic E-state index is 13.0. The van der Waals surface area contributed by atoms with E-state index < -0.39 is 5.97 Å². The van der Waals surface area contributed by atoms with Crippen LogP contribution in [0.1, 0.15) is 16.8 Å². The van der Waals surface area contributed by atoms with E-state index in [1.165, 1.54) is 23.5 Å². The van der Waals surface area contributed by atoms with Crippen molar-refractivity contribution >= 4 is 17.3 Å². The van der Waals surface area contributed by atoms with Gasteiger partial charge in [-0.15, -0.1) is 11.3 Å².